The van der Waals surface area contributed by atoms with E-state index < -0.39 is 109 Å². The standard InChI is InChI=1S/C26H44N6O11S/c1-6-13(4)21(25(41)30-16(26(42)43)10-19(36)37)32-23(39)15(7-8-44-5)29-17(33)11-28-24(40)20(12(2)3)31-22(38)14(27)9-18(34)35/h12-16,20-21H,6-11,27H2,1-5H3,(H,28,40)(H,29,33)(H,30,41)(H,31,38)(H,32,39)(H,34,35)(H,36,37)(H,42,43). The molecule has 6 unspecified atom stereocenters. The van der Waals surface area contributed by atoms with Crippen LogP contribution in [-0.2, 0) is 38.4 Å². The number of carboxylic acids is 3. The Morgan fingerprint density at radius 3 is 1.77 bits per heavy atom. The van der Waals surface area contributed by atoms with Crippen LogP contribution in [0, 0.1) is 11.8 Å². The van der Waals surface area contributed by atoms with Crippen molar-refractivity contribution in [2.45, 2.75) is 83.6 Å². The van der Waals surface area contributed by atoms with Gasteiger partial charge in [0, 0.05) is 0 Å². The first kappa shape index (κ1) is 40.1. The summed E-state index contributed by atoms with van der Waals surface area (Å²) in [6.07, 6.45) is 0.755. The maximum absolute atomic E-state index is 13.2. The highest BCUT2D eigenvalue weighted by Gasteiger charge is 2.33. The number of amides is 5. The average Bonchev–Trinajstić information content (AvgIpc) is 2.93. The first-order valence-corrected chi connectivity index (χ1v) is 15.2. The summed E-state index contributed by atoms with van der Waals surface area (Å²) in [6, 6.07) is -6.67. The Labute approximate surface area is 259 Å². The summed E-state index contributed by atoms with van der Waals surface area (Å²) in [5.41, 5.74) is 5.55. The zero-order valence-corrected chi connectivity index (χ0v) is 26.2. The van der Waals surface area contributed by atoms with E-state index in [1.54, 1.807) is 34.0 Å². The number of aliphatic carboxylic acids is 3. The van der Waals surface area contributed by atoms with Gasteiger partial charge in [-0.15, -0.1) is 0 Å². The van der Waals surface area contributed by atoms with E-state index in [-0.39, 0.29) is 6.42 Å². The number of carbonyl (C=O) groups is 8. The molecule has 10 N–H and O–H groups in total. The molecule has 17 nitrogen and oxygen atoms in total. The van der Waals surface area contributed by atoms with Crippen molar-refractivity contribution in [3.63, 3.8) is 0 Å². The Kier molecular flexibility index (Phi) is 18.3. The predicted molar refractivity (Wildman–Crippen MR) is 158 cm³/mol. The van der Waals surface area contributed by atoms with Crippen molar-refractivity contribution in [1.29, 1.82) is 0 Å². The Morgan fingerprint density at radius 1 is 0.727 bits per heavy atom. The Hall–Kier alpha value is -3.93. The van der Waals surface area contributed by atoms with Crippen molar-refractivity contribution in [3.05, 3.63) is 0 Å². The van der Waals surface area contributed by atoms with Crippen LogP contribution in [0.4, 0.5) is 0 Å². The molecule has 0 aliphatic heterocycles. The molecule has 44 heavy (non-hydrogen) atoms. The summed E-state index contributed by atoms with van der Waals surface area (Å²) in [5, 5.41) is 38.9. The van der Waals surface area contributed by atoms with Gasteiger partial charge < -0.3 is 47.6 Å². The topological polar surface area (TPSA) is 283 Å². The molecule has 0 fully saturated rings. The molecule has 250 valence electrons. The molecule has 5 amide bonds. The van der Waals surface area contributed by atoms with Gasteiger partial charge in [0.05, 0.1) is 25.4 Å². The lowest BCUT2D eigenvalue weighted by Gasteiger charge is -2.27. The molecule has 0 aromatic rings. The number of hydrogen-bond donors (Lipinski definition) is 9. The van der Waals surface area contributed by atoms with Gasteiger partial charge in [-0.05, 0) is 30.3 Å². The van der Waals surface area contributed by atoms with Crippen molar-refractivity contribution in [3.8, 4) is 0 Å². The Morgan fingerprint density at radius 2 is 1.30 bits per heavy atom. The fourth-order valence-electron chi connectivity index (χ4n) is 3.70. The average molecular weight is 649 g/mol. The van der Waals surface area contributed by atoms with E-state index in [0.717, 1.165) is 0 Å². The van der Waals surface area contributed by atoms with Gasteiger partial charge in [0.15, 0.2) is 0 Å². The third-order valence-corrected chi connectivity index (χ3v) is 7.09. The number of nitrogens with two attached hydrogens (primary N) is 1. The molecular weight excluding hydrogens is 604 g/mol. The molecule has 0 heterocycles. The van der Waals surface area contributed by atoms with Crippen LogP contribution in [0.3, 0.4) is 0 Å². The molecule has 0 rings (SSSR count). The smallest absolute Gasteiger partial charge is 0.326 e. The number of carboxylic acid groups (broad SMARTS) is 3. The summed E-state index contributed by atoms with van der Waals surface area (Å²) in [4.78, 5) is 97.0. The van der Waals surface area contributed by atoms with Gasteiger partial charge in [0.25, 0.3) is 0 Å². The largest absolute Gasteiger partial charge is 0.481 e. The third kappa shape index (κ3) is 15.0. The van der Waals surface area contributed by atoms with Gasteiger partial charge in [0.2, 0.25) is 29.5 Å². The summed E-state index contributed by atoms with van der Waals surface area (Å²) in [7, 11) is 0. The van der Waals surface area contributed by atoms with E-state index >= 15 is 0 Å². The number of carbonyl (C=O) groups excluding carboxylic acids is 5. The normalized spacial score (nSPS) is 15.0. The summed E-state index contributed by atoms with van der Waals surface area (Å²) < 4.78 is 0. The molecular formula is C26H44N6O11S. The third-order valence-electron chi connectivity index (χ3n) is 6.45. The first-order chi connectivity index (χ1) is 20.4. The highest BCUT2D eigenvalue weighted by molar-refractivity contribution is 7.98. The minimum absolute atomic E-state index is 0.129. The van der Waals surface area contributed by atoms with Crippen LogP contribution in [0.25, 0.3) is 0 Å². The van der Waals surface area contributed by atoms with E-state index in [9.17, 15) is 43.5 Å². The van der Waals surface area contributed by atoms with Crippen LogP contribution >= 0.6 is 11.8 Å². The summed E-state index contributed by atoms with van der Waals surface area (Å²) in [5.74, 6) is -8.90. The molecule has 0 saturated heterocycles. The monoisotopic (exact) mass is 648 g/mol. The molecule has 0 aromatic carbocycles. The second-order valence-electron chi connectivity index (χ2n) is 10.4. The minimum atomic E-state index is -1.73. The fraction of sp³-hybridized carbons (Fsp3) is 0.692. The lowest BCUT2D eigenvalue weighted by Crippen LogP contribution is -2.59. The summed E-state index contributed by atoms with van der Waals surface area (Å²) >= 11 is 1.38. The quantitative estimate of drug-likeness (QED) is 0.0643. The van der Waals surface area contributed by atoms with Gasteiger partial charge in [-0.2, -0.15) is 11.8 Å². The van der Waals surface area contributed by atoms with E-state index in [2.05, 4.69) is 26.6 Å². The van der Waals surface area contributed by atoms with Gasteiger partial charge >= 0.3 is 17.9 Å². The van der Waals surface area contributed by atoms with E-state index in [1.807, 2.05) is 0 Å². The van der Waals surface area contributed by atoms with Crippen LogP contribution in [0.15, 0.2) is 0 Å². The number of nitrogens with one attached hydrogen (secondary N) is 5. The second-order valence-corrected chi connectivity index (χ2v) is 11.4. The van der Waals surface area contributed by atoms with Crippen LogP contribution in [0.1, 0.15) is 53.4 Å². The van der Waals surface area contributed by atoms with E-state index in [0.29, 0.717) is 12.2 Å². The van der Waals surface area contributed by atoms with Crippen molar-refractivity contribution < 1.29 is 53.7 Å². The molecule has 0 aromatic heterocycles. The highest BCUT2D eigenvalue weighted by atomic mass is 32.2. The Balaban J connectivity index is 5.55. The second kappa shape index (κ2) is 20.1. The number of hydrogen-bond acceptors (Lipinski definition) is 10. The van der Waals surface area contributed by atoms with Crippen molar-refractivity contribution >= 4 is 59.2 Å². The zero-order valence-electron chi connectivity index (χ0n) is 25.4. The fourth-order valence-corrected chi connectivity index (χ4v) is 4.17. The van der Waals surface area contributed by atoms with Crippen LogP contribution in [-0.4, -0.2) is 112 Å². The molecule has 0 aliphatic rings. The molecule has 0 bridgehead atoms. The SMILES string of the molecule is CCC(C)C(NC(=O)C(CCSC)NC(=O)CNC(=O)C(NC(=O)C(N)CC(=O)O)C(C)C)C(=O)NC(CC(=O)O)C(=O)O. The van der Waals surface area contributed by atoms with E-state index in [1.165, 1.54) is 11.8 Å². The van der Waals surface area contributed by atoms with Gasteiger partial charge in [-0.1, -0.05) is 34.1 Å². The maximum Gasteiger partial charge on any atom is 0.326 e. The van der Waals surface area contributed by atoms with Gasteiger partial charge in [-0.25, -0.2) is 4.79 Å². The minimum Gasteiger partial charge on any atom is -0.481 e. The Bertz CT molecular complexity index is 1060. The van der Waals surface area contributed by atoms with Crippen LogP contribution in [0.2, 0.25) is 0 Å². The maximum atomic E-state index is 13.2. The van der Waals surface area contributed by atoms with Crippen LogP contribution in [0.5, 0.6) is 0 Å². The molecule has 6 atom stereocenters. The lowest BCUT2D eigenvalue weighted by molar-refractivity contribution is -0.147. The lowest BCUT2D eigenvalue weighted by atomic mass is 9.97. The molecule has 0 radical (unpaired) electrons. The van der Waals surface area contributed by atoms with Crippen molar-refractivity contribution in [2.24, 2.45) is 17.6 Å². The van der Waals surface area contributed by atoms with Gasteiger partial charge in [-0.3, -0.25) is 33.6 Å². The summed E-state index contributed by atoms with van der Waals surface area (Å²) in [6.45, 7) is 5.99. The zero-order chi connectivity index (χ0) is 34.1. The molecule has 0 spiro atoms. The first-order valence-electron chi connectivity index (χ1n) is 13.8. The number of thioether (sulfide) groups is 1. The van der Waals surface area contributed by atoms with Gasteiger partial charge in [0.1, 0.15) is 24.2 Å². The number of rotatable bonds is 21. The highest BCUT2D eigenvalue weighted by Crippen LogP contribution is 2.11. The van der Waals surface area contributed by atoms with Crippen molar-refractivity contribution in [1.82, 2.24) is 26.6 Å². The molecule has 0 aliphatic carbocycles. The van der Waals surface area contributed by atoms with Crippen molar-refractivity contribution in [2.75, 3.05) is 18.6 Å². The molecule has 18 heteroatoms. The van der Waals surface area contributed by atoms with Crippen LogP contribution < -0.4 is 32.3 Å². The van der Waals surface area contributed by atoms with E-state index in [4.69, 9.17) is 15.9 Å². The molecule has 0 saturated carbocycles. The predicted octanol–water partition coefficient (Wildman–Crippen LogP) is -2.14.